The van der Waals surface area contributed by atoms with Crippen LogP contribution in [0.1, 0.15) is 11.1 Å². The fraction of sp³-hybridized carbons (Fsp3) is 0.316. The van der Waals surface area contributed by atoms with E-state index in [1.807, 2.05) is 31.2 Å². The summed E-state index contributed by atoms with van der Waals surface area (Å²) in [5.74, 6) is 2.16. The van der Waals surface area contributed by atoms with Gasteiger partial charge in [-0.25, -0.2) is 0 Å². The first-order chi connectivity index (χ1) is 12.8. The molecule has 0 bridgehead atoms. The van der Waals surface area contributed by atoms with Crippen molar-refractivity contribution < 1.29 is 19.0 Å². The van der Waals surface area contributed by atoms with Crippen LogP contribution in [0.5, 0.6) is 17.2 Å². The van der Waals surface area contributed by atoms with E-state index in [1.165, 1.54) is 7.11 Å². The molecule has 1 atom stereocenters. The third-order valence-corrected chi connectivity index (χ3v) is 6.36. The summed E-state index contributed by atoms with van der Waals surface area (Å²) in [6.45, 7) is 2.00. The molecule has 1 N–H and O–H groups in total. The largest absolute Gasteiger partial charge is 0.495 e. The molecule has 0 aliphatic heterocycles. The van der Waals surface area contributed by atoms with E-state index in [0.29, 0.717) is 6.42 Å². The van der Waals surface area contributed by atoms with E-state index in [2.05, 4.69) is 73.1 Å². The first-order valence-electron chi connectivity index (χ1n) is 8.05. The Bertz CT molecular complexity index is 796. The number of halogens is 3. The van der Waals surface area contributed by atoms with E-state index in [4.69, 9.17) is 14.2 Å². The number of esters is 1. The van der Waals surface area contributed by atoms with Crippen molar-refractivity contribution in [3.63, 3.8) is 0 Å². The molecule has 0 aliphatic carbocycles. The molecule has 5 nitrogen and oxygen atoms in total. The molecule has 2 aromatic carbocycles. The summed E-state index contributed by atoms with van der Waals surface area (Å²) in [7, 11) is 4.82. The Hall–Kier alpha value is -0.340. The van der Waals surface area contributed by atoms with Crippen LogP contribution in [-0.2, 0) is 16.0 Å². The van der Waals surface area contributed by atoms with Gasteiger partial charge in [-0.2, -0.15) is 0 Å². The molecule has 27 heavy (non-hydrogen) atoms. The summed E-state index contributed by atoms with van der Waals surface area (Å²) in [6, 6.07) is 7.62. The van der Waals surface area contributed by atoms with Gasteiger partial charge in [0.2, 0.25) is 0 Å². The van der Waals surface area contributed by atoms with Gasteiger partial charge in [0.1, 0.15) is 17.5 Å². The van der Waals surface area contributed by atoms with Gasteiger partial charge in [0, 0.05) is 0 Å². The second-order valence-corrected chi connectivity index (χ2v) is 9.30. The third kappa shape index (κ3) is 5.82. The monoisotopic (exact) mass is 707 g/mol. The first kappa shape index (κ1) is 22.9. The fourth-order valence-corrected chi connectivity index (χ4v) is 5.71. The van der Waals surface area contributed by atoms with E-state index in [9.17, 15) is 4.79 Å². The number of aryl methyl sites for hydroxylation is 1. The maximum Gasteiger partial charge on any atom is 0.323 e. The number of methoxy groups -OCH3 is 2. The van der Waals surface area contributed by atoms with Crippen LogP contribution in [-0.4, -0.2) is 33.3 Å². The van der Waals surface area contributed by atoms with Crippen molar-refractivity contribution in [3.8, 4) is 17.2 Å². The molecule has 0 amide bonds. The highest BCUT2D eigenvalue weighted by atomic mass is 127. The molecular weight excluding hydrogens is 687 g/mol. The molecule has 0 fully saturated rings. The molecule has 2 rings (SSSR count). The third-order valence-electron chi connectivity index (χ3n) is 3.96. The Morgan fingerprint density at radius 2 is 1.63 bits per heavy atom. The minimum absolute atomic E-state index is 0.272. The molecule has 0 heterocycles. The van der Waals surface area contributed by atoms with Gasteiger partial charge in [0.05, 0.1) is 24.9 Å². The van der Waals surface area contributed by atoms with Gasteiger partial charge < -0.3 is 19.5 Å². The number of hydrogen-bond acceptors (Lipinski definition) is 5. The van der Waals surface area contributed by atoms with Gasteiger partial charge in [0.15, 0.2) is 5.75 Å². The van der Waals surface area contributed by atoms with Crippen molar-refractivity contribution in [2.24, 2.45) is 0 Å². The Morgan fingerprint density at radius 1 is 1.04 bits per heavy atom. The highest BCUT2D eigenvalue weighted by Gasteiger charge is 2.19. The van der Waals surface area contributed by atoms with E-state index in [-0.39, 0.29) is 12.0 Å². The van der Waals surface area contributed by atoms with Crippen LogP contribution in [0.15, 0.2) is 24.3 Å². The van der Waals surface area contributed by atoms with E-state index >= 15 is 0 Å². The summed E-state index contributed by atoms with van der Waals surface area (Å²) in [4.78, 5) is 11.8. The second kappa shape index (κ2) is 10.4. The zero-order valence-electron chi connectivity index (χ0n) is 15.4. The lowest BCUT2D eigenvalue weighted by Gasteiger charge is -2.17. The lowest BCUT2D eigenvalue weighted by atomic mass is 10.1. The van der Waals surface area contributed by atoms with Crippen LogP contribution in [0.4, 0.5) is 0 Å². The van der Waals surface area contributed by atoms with Crippen molar-refractivity contribution in [1.29, 1.82) is 0 Å². The number of hydrogen-bond donors (Lipinski definition) is 1. The highest BCUT2D eigenvalue weighted by molar-refractivity contribution is 14.1. The molecule has 0 radical (unpaired) electrons. The number of carbonyl (C=O) groups is 1. The molecule has 0 spiro atoms. The van der Waals surface area contributed by atoms with Gasteiger partial charge in [-0.3, -0.25) is 4.79 Å². The lowest BCUT2D eigenvalue weighted by molar-refractivity contribution is -0.142. The normalized spacial score (nSPS) is 11.8. The molecule has 0 saturated carbocycles. The van der Waals surface area contributed by atoms with Crippen LogP contribution < -0.4 is 14.8 Å². The Kier molecular flexibility index (Phi) is 8.87. The summed E-state index contributed by atoms with van der Waals surface area (Å²) in [5.41, 5.74) is 2.07. The maximum atomic E-state index is 11.8. The second-order valence-electron chi connectivity index (χ2n) is 5.81. The molecule has 0 aliphatic rings. The lowest BCUT2D eigenvalue weighted by Crippen LogP contribution is -2.36. The van der Waals surface area contributed by atoms with Crippen molar-refractivity contribution in [3.05, 3.63) is 46.1 Å². The molecule has 8 heteroatoms. The quantitative estimate of drug-likeness (QED) is 0.328. The smallest absolute Gasteiger partial charge is 0.323 e. The summed E-state index contributed by atoms with van der Waals surface area (Å²) in [6.07, 6.45) is 0.551. The van der Waals surface area contributed by atoms with Crippen LogP contribution in [0, 0.1) is 17.6 Å². The number of rotatable bonds is 7. The van der Waals surface area contributed by atoms with E-state index in [1.54, 1.807) is 14.2 Å². The SMILES string of the molecule is CNC(Cc1cc(I)c(Oc2cc(C)c(OC)c(I)c2)c(I)c1)C(=O)OC. The predicted octanol–water partition coefficient (Wildman–Crippen LogP) is 4.91. The van der Waals surface area contributed by atoms with Crippen LogP contribution >= 0.6 is 67.8 Å². The van der Waals surface area contributed by atoms with Crippen LogP contribution in [0.2, 0.25) is 0 Å². The summed E-state index contributed by atoms with van der Waals surface area (Å²) < 4.78 is 19.4. The van der Waals surface area contributed by atoms with Gasteiger partial charge in [-0.15, -0.1) is 0 Å². The number of nitrogens with one attached hydrogen (secondary N) is 1. The van der Waals surface area contributed by atoms with Crippen molar-refractivity contribution in [2.45, 2.75) is 19.4 Å². The fourth-order valence-electron chi connectivity index (χ4n) is 2.64. The molecule has 2 aromatic rings. The van der Waals surface area contributed by atoms with Crippen LogP contribution in [0.25, 0.3) is 0 Å². The van der Waals surface area contributed by atoms with Crippen molar-refractivity contribution in [1.82, 2.24) is 5.32 Å². The first-order valence-corrected chi connectivity index (χ1v) is 11.3. The number of carbonyl (C=O) groups excluding carboxylic acids is 1. The molecule has 0 aromatic heterocycles. The zero-order valence-corrected chi connectivity index (χ0v) is 21.8. The molecule has 146 valence electrons. The van der Waals surface area contributed by atoms with E-state index < -0.39 is 0 Å². The molecular formula is C19H20I3NO4. The summed E-state index contributed by atoms with van der Waals surface area (Å²) in [5, 5.41) is 2.99. The van der Waals surface area contributed by atoms with Crippen molar-refractivity contribution >= 4 is 73.7 Å². The minimum Gasteiger partial charge on any atom is -0.495 e. The Balaban J connectivity index is 2.28. The Labute approximate surface area is 200 Å². The van der Waals surface area contributed by atoms with Gasteiger partial charge in [0.25, 0.3) is 0 Å². The predicted molar refractivity (Wildman–Crippen MR) is 131 cm³/mol. The van der Waals surface area contributed by atoms with Gasteiger partial charge in [-0.05, 0) is 124 Å². The van der Waals surface area contributed by atoms with E-state index in [0.717, 1.165) is 39.1 Å². The molecule has 1 unspecified atom stereocenters. The molecule has 0 saturated heterocycles. The Morgan fingerprint density at radius 3 is 2.11 bits per heavy atom. The van der Waals surface area contributed by atoms with Gasteiger partial charge >= 0.3 is 5.97 Å². The average Bonchev–Trinajstić information content (AvgIpc) is 2.62. The maximum absolute atomic E-state index is 11.8. The van der Waals surface area contributed by atoms with Crippen LogP contribution in [0.3, 0.4) is 0 Å². The van der Waals surface area contributed by atoms with Gasteiger partial charge in [-0.1, -0.05) is 0 Å². The topological polar surface area (TPSA) is 56.8 Å². The zero-order chi connectivity index (χ0) is 20.1. The number of benzene rings is 2. The highest BCUT2D eigenvalue weighted by Crippen LogP contribution is 2.36. The standard InChI is InChI=1S/C19H20I3NO4/c1-10-5-12(9-15(22)17(10)25-3)27-18-13(20)6-11(7-14(18)21)8-16(23-2)19(24)26-4/h5-7,9,16,23H,8H2,1-4H3. The minimum atomic E-state index is -0.376. The summed E-state index contributed by atoms with van der Waals surface area (Å²) >= 11 is 6.77. The number of ether oxygens (including phenoxy) is 3. The number of likely N-dealkylation sites (N-methyl/N-ethyl adjacent to an activating group) is 1. The average molecular weight is 707 g/mol. The van der Waals surface area contributed by atoms with Crippen molar-refractivity contribution in [2.75, 3.05) is 21.3 Å².